The Kier molecular flexibility index (Phi) is 17.0. The second-order valence-electron chi connectivity index (χ2n) is 7.10. The fourth-order valence-corrected chi connectivity index (χ4v) is 4.19. The molecule has 0 aliphatic carbocycles. The van der Waals surface area contributed by atoms with Crippen molar-refractivity contribution in [3.05, 3.63) is 12.2 Å². The van der Waals surface area contributed by atoms with Gasteiger partial charge in [-0.2, -0.15) is 0 Å². The quantitative estimate of drug-likeness (QED) is 0.104. The lowest BCUT2D eigenvalue weighted by Crippen LogP contribution is -2.09. The summed E-state index contributed by atoms with van der Waals surface area (Å²) in [5, 5.41) is 0. The lowest BCUT2D eigenvalue weighted by Gasteiger charge is -2.19. The maximum absolute atomic E-state index is 13.0. The summed E-state index contributed by atoms with van der Waals surface area (Å²) in [7, 11) is -3.13. The molecule has 0 bridgehead atoms. The summed E-state index contributed by atoms with van der Waals surface area (Å²) in [4.78, 5) is 11.4. The maximum Gasteiger partial charge on any atom is 0.333 e. The molecule has 0 amide bonds. The first kappa shape index (κ1) is 26.4. The standard InChI is InChI=1S/C21H41O5P/c1-5-7-9-11-13-17-25-27(23,26-18-14-12-10-8-6-2)19-15-16-24-21(22)20(3)4/h3,5-19H2,1-2,4H3. The minimum atomic E-state index is -3.13. The Morgan fingerprint density at radius 3 is 1.70 bits per heavy atom. The molecular weight excluding hydrogens is 363 g/mol. The van der Waals surface area contributed by atoms with E-state index in [1.54, 1.807) is 6.92 Å². The maximum atomic E-state index is 13.0. The van der Waals surface area contributed by atoms with Crippen LogP contribution in [-0.4, -0.2) is 32.0 Å². The van der Waals surface area contributed by atoms with Gasteiger partial charge in [-0.1, -0.05) is 71.8 Å². The third-order valence-corrected chi connectivity index (χ3v) is 6.25. The Morgan fingerprint density at radius 1 is 0.778 bits per heavy atom. The Morgan fingerprint density at radius 2 is 1.26 bits per heavy atom. The zero-order chi connectivity index (χ0) is 20.4. The molecule has 0 aliphatic rings. The van der Waals surface area contributed by atoms with E-state index in [1.165, 1.54) is 38.5 Å². The number of carbonyl (C=O) groups excluding carboxylic acids is 1. The topological polar surface area (TPSA) is 61.8 Å². The third-order valence-electron chi connectivity index (χ3n) is 4.23. The van der Waals surface area contributed by atoms with E-state index in [1.807, 2.05) is 0 Å². The monoisotopic (exact) mass is 404 g/mol. The van der Waals surface area contributed by atoms with Gasteiger partial charge in [-0.25, -0.2) is 4.79 Å². The molecule has 0 aromatic rings. The van der Waals surface area contributed by atoms with Crippen molar-refractivity contribution in [3.63, 3.8) is 0 Å². The van der Waals surface area contributed by atoms with Crippen LogP contribution in [0.25, 0.3) is 0 Å². The van der Waals surface area contributed by atoms with Gasteiger partial charge in [0, 0.05) is 5.57 Å². The van der Waals surface area contributed by atoms with Crippen molar-refractivity contribution in [1.82, 2.24) is 0 Å². The summed E-state index contributed by atoms with van der Waals surface area (Å²) in [6.45, 7) is 10.6. The molecule has 0 unspecified atom stereocenters. The van der Waals surface area contributed by atoms with Crippen LogP contribution in [-0.2, 0) is 23.1 Å². The molecule has 0 N–H and O–H groups in total. The van der Waals surface area contributed by atoms with Gasteiger partial charge in [-0.15, -0.1) is 0 Å². The number of hydrogen-bond donors (Lipinski definition) is 0. The van der Waals surface area contributed by atoms with E-state index in [4.69, 9.17) is 13.8 Å². The highest BCUT2D eigenvalue weighted by Crippen LogP contribution is 2.49. The number of carbonyl (C=O) groups is 1. The van der Waals surface area contributed by atoms with Gasteiger partial charge < -0.3 is 13.8 Å². The predicted octanol–water partition coefficient (Wildman–Crippen LogP) is 6.66. The summed E-state index contributed by atoms with van der Waals surface area (Å²) in [5.74, 6) is -0.418. The summed E-state index contributed by atoms with van der Waals surface area (Å²) >= 11 is 0. The lowest BCUT2D eigenvalue weighted by atomic mass is 10.2. The van der Waals surface area contributed by atoms with Crippen LogP contribution in [0, 0.1) is 0 Å². The van der Waals surface area contributed by atoms with Crippen LogP contribution in [0.3, 0.4) is 0 Å². The summed E-state index contributed by atoms with van der Waals surface area (Å²) in [6, 6.07) is 0. The highest BCUT2D eigenvalue weighted by Gasteiger charge is 2.24. The second-order valence-corrected chi connectivity index (χ2v) is 9.28. The molecule has 0 rings (SSSR count). The van der Waals surface area contributed by atoms with Gasteiger partial charge in [0.15, 0.2) is 0 Å². The lowest BCUT2D eigenvalue weighted by molar-refractivity contribution is -0.138. The number of unbranched alkanes of at least 4 members (excludes halogenated alkanes) is 8. The predicted molar refractivity (Wildman–Crippen MR) is 112 cm³/mol. The fourth-order valence-electron chi connectivity index (χ4n) is 2.53. The van der Waals surface area contributed by atoms with Crippen LogP contribution < -0.4 is 0 Å². The molecule has 0 aliphatic heterocycles. The van der Waals surface area contributed by atoms with E-state index in [0.29, 0.717) is 25.2 Å². The van der Waals surface area contributed by atoms with Crippen molar-refractivity contribution < 1.29 is 23.1 Å². The molecule has 0 saturated heterocycles. The van der Waals surface area contributed by atoms with Crippen molar-refractivity contribution in [1.29, 1.82) is 0 Å². The Balaban J connectivity index is 4.22. The third kappa shape index (κ3) is 16.1. The van der Waals surface area contributed by atoms with Gasteiger partial charge in [-0.05, 0) is 26.2 Å². The minimum Gasteiger partial charge on any atom is -0.462 e. The number of rotatable bonds is 19. The van der Waals surface area contributed by atoms with Crippen LogP contribution in [0.4, 0.5) is 0 Å². The van der Waals surface area contributed by atoms with E-state index in [0.717, 1.165) is 25.7 Å². The van der Waals surface area contributed by atoms with Gasteiger partial charge in [0.25, 0.3) is 0 Å². The van der Waals surface area contributed by atoms with Gasteiger partial charge in [0.05, 0.1) is 26.0 Å². The second kappa shape index (κ2) is 17.5. The molecular formula is C21H41O5P. The zero-order valence-electron chi connectivity index (χ0n) is 17.8. The van der Waals surface area contributed by atoms with E-state index in [-0.39, 0.29) is 12.8 Å². The van der Waals surface area contributed by atoms with Crippen LogP contribution >= 0.6 is 7.60 Å². The zero-order valence-corrected chi connectivity index (χ0v) is 18.7. The van der Waals surface area contributed by atoms with Crippen LogP contribution in [0.15, 0.2) is 12.2 Å². The molecule has 0 aromatic carbocycles. The summed E-state index contributed by atoms with van der Waals surface area (Å²) in [5.41, 5.74) is 0.366. The SMILES string of the molecule is C=C(C)C(=O)OCCCP(=O)(OCCCCCCC)OCCCCCCC. The highest BCUT2D eigenvalue weighted by molar-refractivity contribution is 7.53. The van der Waals surface area contributed by atoms with E-state index in [9.17, 15) is 9.36 Å². The average molecular weight is 405 g/mol. The molecule has 6 heteroatoms. The molecule has 0 spiro atoms. The Bertz CT molecular complexity index is 416. The average Bonchev–Trinajstić information content (AvgIpc) is 2.64. The molecule has 0 radical (unpaired) electrons. The largest absolute Gasteiger partial charge is 0.462 e. The first-order valence-electron chi connectivity index (χ1n) is 10.7. The van der Waals surface area contributed by atoms with Crippen molar-refractivity contribution in [2.75, 3.05) is 26.0 Å². The highest BCUT2D eigenvalue weighted by atomic mass is 31.2. The first-order chi connectivity index (χ1) is 12.9. The van der Waals surface area contributed by atoms with E-state index in [2.05, 4.69) is 20.4 Å². The molecule has 0 atom stereocenters. The van der Waals surface area contributed by atoms with Gasteiger partial charge in [0.2, 0.25) is 0 Å². The van der Waals surface area contributed by atoms with Gasteiger partial charge in [0.1, 0.15) is 0 Å². The van der Waals surface area contributed by atoms with Crippen molar-refractivity contribution >= 4 is 13.6 Å². The minimum absolute atomic E-state index is 0.204. The van der Waals surface area contributed by atoms with Crippen LogP contribution in [0.5, 0.6) is 0 Å². The van der Waals surface area contributed by atoms with Crippen molar-refractivity contribution in [3.8, 4) is 0 Å². The molecule has 0 saturated carbocycles. The molecule has 27 heavy (non-hydrogen) atoms. The molecule has 0 aromatic heterocycles. The van der Waals surface area contributed by atoms with Gasteiger partial charge >= 0.3 is 13.6 Å². The normalized spacial score (nSPS) is 11.5. The van der Waals surface area contributed by atoms with Crippen LogP contribution in [0.1, 0.15) is 91.4 Å². The van der Waals surface area contributed by atoms with Crippen molar-refractivity contribution in [2.45, 2.75) is 91.4 Å². The number of ether oxygens (including phenoxy) is 1. The fraction of sp³-hybridized carbons (Fsp3) is 0.857. The number of hydrogen-bond acceptors (Lipinski definition) is 5. The Labute approximate surface area is 166 Å². The smallest absolute Gasteiger partial charge is 0.333 e. The number of esters is 1. The summed E-state index contributed by atoms with van der Waals surface area (Å²) in [6.07, 6.45) is 11.9. The van der Waals surface area contributed by atoms with Crippen LogP contribution in [0.2, 0.25) is 0 Å². The van der Waals surface area contributed by atoms with E-state index >= 15 is 0 Å². The Hall–Kier alpha value is -0.640. The molecule has 0 heterocycles. The summed E-state index contributed by atoms with van der Waals surface area (Å²) < 4.78 is 29.4. The molecule has 0 fully saturated rings. The van der Waals surface area contributed by atoms with E-state index < -0.39 is 13.6 Å². The first-order valence-corrected chi connectivity index (χ1v) is 12.4. The molecule has 5 nitrogen and oxygen atoms in total. The molecule has 160 valence electrons. The van der Waals surface area contributed by atoms with Gasteiger partial charge in [-0.3, -0.25) is 4.57 Å². The van der Waals surface area contributed by atoms with Crippen molar-refractivity contribution in [2.24, 2.45) is 0 Å².